The Kier molecular flexibility index (Phi) is 3.48. The van der Waals surface area contributed by atoms with Gasteiger partial charge in [0.15, 0.2) is 0 Å². The third kappa shape index (κ3) is 2.90. The minimum atomic E-state index is -0.727. The zero-order valence-electron chi connectivity index (χ0n) is 9.52. The lowest BCUT2D eigenvalue weighted by Gasteiger charge is -2.05. The number of rotatable bonds is 2. The molecular formula is C13H7F2N3O. The monoisotopic (exact) mass is 259 g/mol. The summed E-state index contributed by atoms with van der Waals surface area (Å²) in [7, 11) is 0. The van der Waals surface area contributed by atoms with Crippen molar-refractivity contribution in [3.8, 4) is 6.07 Å². The van der Waals surface area contributed by atoms with Gasteiger partial charge in [0.2, 0.25) is 0 Å². The van der Waals surface area contributed by atoms with Gasteiger partial charge in [-0.15, -0.1) is 0 Å². The summed E-state index contributed by atoms with van der Waals surface area (Å²) in [5.41, 5.74) is 0.0377. The number of anilines is 1. The number of halogens is 2. The van der Waals surface area contributed by atoms with E-state index in [1.54, 1.807) is 6.07 Å². The number of hydrogen-bond acceptors (Lipinski definition) is 3. The number of amides is 1. The average molecular weight is 259 g/mol. The molecule has 0 radical (unpaired) electrons. The number of nitriles is 1. The van der Waals surface area contributed by atoms with Crippen molar-refractivity contribution in [2.24, 2.45) is 0 Å². The van der Waals surface area contributed by atoms with Crippen LogP contribution in [0.3, 0.4) is 0 Å². The van der Waals surface area contributed by atoms with Crippen LogP contribution in [0.5, 0.6) is 0 Å². The fraction of sp³-hybridized carbons (Fsp3) is 0. The summed E-state index contributed by atoms with van der Waals surface area (Å²) >= 11 is 0. The van der Waals surface area contributed by atoms with E-state index in [0.717, 1.165) is 18.3 Å². The normalized spacial score (nSPS) is 9.74. The highest BCUT2D eigenvalue weighted by molar-refractivity contribution is 6.02. The van der Waals surface area contributed by atoms with E-state index in [0.29, 0.717) is 0 Å². The summed E-state index contributed by atoms with van der Waals surface area (Å²) in [6.45, 7) is 0. The second kappa shape index (κ2) is 5.23. The molecule has 2 aromatic rings. The van der Waals surface area contributed by atoms with Gasteiger partial charge in [-0.2, -0.15) is 5.26 Å². The lowest BCUT2D eigenvalue weighted by Crippen LogP contribution is -2.14. The van der Waals surface area contributed by atoms with E-state index in [4.69, 9.17) is 5.26 Å². The van der Waals surface area contributed by atoms with E-state index in [2.05, 4.69) is 10.3 Å². The zero-order chi connectivity index (χ0) is 13.8. The van der Waals surface area contributed by atoms with E-state index >= 15 is 0 Å². The van der Waals surface area contributed by atoms with Crippen LogP contribution in [0.25, 0.3) is 0 Å². The SMILES string of the molecule is N#Cc1ccc(NC(=O)c2ccc(F)cn2)c(F)c1. The third-order valence-electron chi connectivity index (χ3n) is 2.31. The first-order valence-electron chi connectivity index (χ1n) is 5.22. The van der Waals surface area contributed by atoms with Gasteiger partial charge < -0.3 is 5.32 Å². The molecule has 0 bridgehead atoms. The Hall–Kier alpha value is -2.81. The second-order valence-electron chi connectivity index (χ2n) is 3.62. The maximum Gasteiger partial charge on any atom is 0.274 e. The van der Waals surface area contributed by atoms with Gasteiger partial charge in [0, 0.05) is 0 Å². The first-order chi connectivity index (χ1) is 9.10. The molecule has 1 aromatic carbocycles. The zero-order valence-corrected chi connectivity index (χ0v) is 9.52. The smallest absolute Gasteiger partial charge is 0.274 e. The number of carbonyl (C=O) groups is 1. The van der Waals surface area contributed by atoms with Gasteiger partial charge in [-0.05, 0) is 30.3 Å². The fourth-order valence-corrected chi connectivity index (χ4v) is 1.38. The molecule has 2 rings (SSSR count). The van der Waals surface area contributed by atoms with Gasteiger partial charge in [-0.25, -0.2) is 13.8 Å². The lowest BCUT2D eigenvalue weighted by atomic mass is 10.2. The average Bonchev–Trinajstić information content (AvgIpc) is 2.41. The molecule has 0 aliphatic carbocycles. The van der Waals surface area contributed by atoms with Crippen LogP contribution < -0.4 is 5.32 Å². The largest absolute Gasteiger partial charge is 0.318 e. The summed E-state index contributed by atoms with van der Waals surface area (Å²) in [6.07, 6.45) is 0.893. The quantitative estimate of drug-likeness (QED) is 0.901. The predicted octanol–water partition coefficient (Wildman–Crippen LogP) is 2.48. The van der Waals surface area contributed by atoms with Crippen molar-refractivity contribution in [2.75, 3.05) is 5.32 Å². The van der Waals surface area contributed by atoms with Crippen molar-refractivity contribution in [3.63, 3.8) is 0 Å². The highest BCUT2D eigenvalue weighted by Crippen LogP contribution is 2.16. The van der Waals surface area contributed by atoms with Gasteiger partial charge in [-0.1, -0.05) is 0 Å². The van der Waals surface area contributed by atoms with Gasteiger partial charge in [-0.3, -0.25) is 4.79 Å². The highest BCUT2D eigenvalue weighted by Gasteiger charge is 2.11. The standard InChI is InChI=1S/C13H7F2N3O/c14-9-2-4-12(17-7-9)13(19)18-11-3-1-8(6-16)5-10(11)15/h1-5,7H,(H,18,19). The minimum Gasteiger partial charge on any atom is -0.318 e. The Morgan fingerprint density at radius 2 is 2.05 bits per heavy atom. The number of aromatic nitrogens is 1. The fourth-order valence-electron chi connectivity index (χ4n) is 1.38. The Morgan fingerprint density at radius 3 is 2.63 bits per heavy atom. The molecule has 94 valence electrons. The Bertz CT molecular complexity index is 663. The van der Waals surface area contributed by atoms with Crippen LogP contribution in [-0.2, 0) is 0 Å². The van der Waals surface area contributed by atoms with E-state index in [1.807, 2.05) is 0 Å². The third-order valence-corrected chi connectivity index (χ3v) is 2.31. The molecule has 4 nitrogen and oxygen atoms in total. The maximum absolute atomic E-state index is 13.5. The summed E-state index contributed by atoms with van der Waals surface area (Å²) in [4.78, 5) is 15.3. The van der Waals surface area contributed by atoms with Crippen molar-refractivity contribution in [3.05, 3.63) is 59.4 Å². The number of benzene rings is 1. The van der Waals surface area contributed by atoms with E-state index < -0.39 is 17.5 Å². The van der Waals surface area contributed by atoms with Gasteiger partial charge in [0.25, 0.3) is 5.91 Å². The molecule has 19 heavy (non-hydrogen) atoms. The van der Waals surface area contributed by atoms with Crippen LogP contribution in [-0.4, -0.2) is 10.9 Å². The van der Waals surface area contributed by atoms with Crippen LogP contribution in [0.1, 0.15) is 16.1 Å². The maximum atomic E-state index is 13.5. The molecule has 0 unspecified atom stereocenters. The molecule has 0 aliphatic heterocycles. The number of hydrogen-bond donors (Lipinski definition) is 1. The molecule has 0 fully saturated rings. The summed E-state index contributed by atoms with van der Waals surface area (Å²) in [5.74, 6) is -1.96. The molecule has 1 N–H and O–H groups in total. The molecule has 0 atom stereocenters. The Balaban J connectivity index is 2.20. The van der Waals surface area contributed by atoms with E-state index in [-0.39, 0.29) is 16.9 Å². The number of pyridine rings is 1. The van der Waals surface area contributed by atoms with Gasteiger partial charge in [0.05, 0.1) is 23.5 Å². The first-order valence-corrected chi connectivity index (χ1v) is 5.22. The van der Waals surface area contributed by atoms with E-state index in [1.165, 1.54) is 18.2 Å². The molecule has 0 aliphatic rings. The Labute approximate surface area is 107 Å². The number of nitrogens with one attached hydrogen (secondary N) is 1. The summed E-state index contributed by atoms with van der Waals surface area (Å²) < 4.78 is 26.2. The van der Waals surface area contributed by atoms with Gasteiger partial charge >= 0.3 is 0 Å². The minimum absolute atomic E-state index is 0.0369. The van der Waals surface area contributed by atoms with Crippen molar-refractivity contribution < 1.29 is 13.6 Å². The van der Waals surface area contributed by atoms with Crippen molar-refractivity contribution in [1.82, 2.24) is 4.98 Å². The van der Waals surface area contributed by atoms with Crippen LogP contribution in [0.4, 0.5) is 14.5 Å². The summed E-state index contributed by atoms with van der Waals surface area (Å²) in [5, 5.41) is 10.9. The molecule has 0 saturated heterocycles. The number of nitrogens with zero attached hydrogens (tertiary/aromatic N) is 2. The van der Waals surface area contributed by atoms with E-state index in [9.17, 15) is 13.6 Å². The molecule has 0 saturated carbocycles. The topological polar surface area (TPSA) is 65.8 Å². The van der Waals surface area contributed by atoms with Crippen LogP contribution in [0, 0.1) is 23.0 Å². The van der Waals surface area contributed by atoms with Crippen molar-refractivity contribution in [2.45, 2.75) is 0 Å². The molecule has 1 aromatic heterocycles. The lowest BCUT2D eigenvalue weighted by molar-refractivity contribution is 0.102. The molecule has 1 heterocycles. The van der Waals surface area contributed by atoms with Crippen LogP contribution in [0.15, 0.2) is 36.5 Å². The number of carbonyl (C=O) groups excluding carboxylic acids is 1. The van der Waals surface area contributed by atoms with Crippen molar-refractivity contribution in [1.29, 1.82) is 5.26 Å². The van der Waals surface area contributed by atoms with Crippen LogP contribution >= 0.6 is 0 Å². The first kappa shape index (κ1) is 12.6. The van der Waals surface area contributed by atoms with Crippen LogP contribution in [0.2, 0.25) is 0 Å². The molecule has 0 spiro atoms. The summed E-state index contributed by atoms with van der Waals surface area (Å²) in [6, 6.07) is 7.70. The molecule has 1 amide bonds. The predicted molar refractivity (Wildman–Crippen MR) is 63.3 cm³/mol. The Morgan fingerprint density at radius 1 is 1.26 bits per heavy atom. The molecule has 6 heteroatoms. The second-order valence-corrected chi connectivity index (χ2v) is 3.62. The van der Waals surface area contributed by atoms with Gasteiger partial charge in [0.1, 0.15) is 17.3 Å². The van der Waals surface area contributed by atoms with Crippen molar-refractivity contribution >= 4 is 11.6 Å². The molecular weight excluding hydrogens is 252 g/mol. The highest BCUT2D eigenvalue weighted by atomic mass is 19.1.